The number of benzene rings is 1. The lowest BCUT2D eigenvalue weighted by molar-refractivity contribution is 0.461. The maximum atomic E-state index is 11.3. The molecular formula is C18H25N5O2S. The number of primary sulfonamides is 1. The molecule has 0 aliphatic heterocycles. The number of nitrogens with two attached hydrogens (primary N) is 1. The van der Waals surface area contributed by atoms with E-state index in [-0.39, 0.29) is 4.90 Å². The number of nitrogens with zero attached hydrogens (tertiary/aromatic N) is 2. The number of hydrogen-bond acceptors (Lipinski definition) is 6. The molecule has 0 amide bonds. The molecule has 2 aromatic rings. The van der Waals surface area contributed by atoms with E-state index in [9.17, 15) is 8.42 Å². The normalized spacial score (nSPS) is 15.6. The minimum absolute atomic E-state index is 0.128. The van der Waals surface area contributed by atoms with Gasteiger partial charge in [0.05, 0.1) is 4.90 Å². The summed E-state index contributed by atoms with van der Waals surface area (Å²) in [7, 11) is -3.64. The fourth-order valence-corrected chi connectivity index (χ4v) is 3.65. The summed E-state index contributed by atoms with van der Waals surface area (Å²) in [5.74, 6) is 1.44. The van der Waals surface area contributed by atoms with Gasteiger partial charge in [0.15, 0.2) is 0 Å². The van der Waals surface area contributed by atoms with E-state index >= 15 is 0 Å². The summed E-state index contributed by atoms with van der Waals surface area (Å²) in [4.78, 5) is 8.94. The minimum Gasteiger partial charge on any atom is -0.370 e. The van der Waals surface area contributed by atoms with Crippen LogP contribution in [0.25, 0.3) is 0 Å². The predicted molar refractivity (Wildman–Crippen MR) is 103 cm³/mol. The molecule has 1 saturated carbocycles. The lowest BCUT2D eigenvalue weighted by atomic mass is 9.96. The van der Waals surface area contributed by atoms with Crippen molar-refractivity contribution < 1.29 is 8.42 Å². The fourth-order valence-electron chi connectivity index (χ4n) is 3.14. The van der Waals surface area contributed by atoms with Crippen molar-refractivity contribution in [3.8, 4) is 0 Å². The molecule has 4 N–H and O–H groups in total. The third-order valence-corrected chi connectivity index (χ3v) is 5.49. The van der Waals surface area contributed by atoms with Gasteiger partial charge in [-0.3, -0.25) is 0 Å². The van der Waals surface area contributed by atoms with Gasteiger partial charge in [0, 0.05) is 18.8 Å². The van der Waals surface area contributed by atoms with E-state index < -0.39 is 10.0 Å². The molecule has 3 rings (SSSR count). The van der Waals surface area contributed by atoms with E-state index in [0.29, 0.717) is 18.5 Å². The van der Waals surface area contributed by atoms with Crippen LogP contribution in [-0.2, 0) is 16.4 Å². The minimum atomic E-state index is -3.64. The Hall–Kier alpha value is -2.19. The molecule has 7 nitrogen and oxygen atoms in total. The maximum absolute atomic E-state index is 11.3. The SMILES string of the molecule is NS(=O)(=O)c1ccc(CCNc2ccnc(NC3CCCCC3)n2)cc1. The van der Waals surface area contributed by atoms with Crippen LogP contribution < -0.4 is 15.8 Å². The largest absolute Gasteiger partial charge is 0.370 e. The summed E-state index contributed by atoms with van der Waals surface area (Å²) in [6.07, 6.45) is 8.70. The van der Waals surface area contributed by atoms with E-state index in [1.54, 1.807) is 18.3 Å². The quantitative estimate of drug-likeness (QED) is 0.686. The lowest BCUT2D eigenvalue weighted by Crippen LogP contribution is -2.23. The molecule has 26 heavy (non-hydrogen) atoms. The summed E-state index contributed by atoms with van der Waals surface area (Å²) < 4.78 is 22.5. The standard InChI is InChI=1S/C18H25N5O2S/c19-26(24,25)16-8-6-14(7-9-16)10-12-20-17-11-13-21-18(23-17)22-15-4-2-1-3-5-15/h6-9,11,13,15H,1-5,10,12H2,(H2,19,24,25)(H2,20,21,22,23). The molecule has 0 atom stereocenters. The Morgan fingerprint density at radius 1 is 1.08 bits per heavy atom. The van der Waals surface area contributed by atoms with Crippen LogP contribution in [-0.4, -0.2) is 31.0 Å². The molecule has 1 aliphatic carbocycles. The number of sulfonamides is 1. The Morgan fingerprint density at radius 2 is 1.81 bits per heavy atom. The first-order chi connectivity index (χ1) is 12.5. The Kier molecular flexibility index (Phi) is 6.05. The highest BCUT2D eigenvalue weighted by Gasteiger charge is 2.14. The van der Waals surface area contributed by atoms with Gasteiger partial charge < -0.3 is 10.6 Å². The van der Waals surface area contributed by atoms with Crippen molar-refractivity contribution in [2.45, 2.75) is 49.5 Å². The van der Waals surface area contributed by atoms with E-state index in [1.165, 1.54) is 44.2 Å². The predicted octanol–water partition coefficient (Wildman–Crippen LogP) is 2.52. The number of rotatable bonds is 7. The van der Waals surface area contributed by atoms with E-state index in [2.05, 4.69) is 20.6 Å². The molecule has 1 aliphatic rings. The molecule has 0 radical (unpaired) electrons. The summed E-state index contributed by atoms with van der Waals surface area (Å²) in [6.45, 7) is 0.689. The summed E-state index contributed by atoms with van der Waals surface area (Å²) in [5, 5.41) is 11.8. The molecule has 0 saturated heterocycles. The van der Waals surface area contributed by atoms with Gasteiger partial charge in [0.1, 0.15) is 5.82 Å². The summed E-state index contributed by atoms with van der Waals surface area (Å²) >= 11 is 0. The first-order valence-corrected chi connectivity index (χ1v) is 10.5. The van der Waals surface area contributed by atoms with Crippen LogP contribution in [0.5, 0.6) is 0 Å². The first kappa shape index (κ1) is 18.6. The second-order valence-electron chi connectivity index (χ2n) is 6.61. The smallest absolute Gasteiger partial charge is 0.238 e. The van der Waals surface area contributed by atoms with Crippen LogP contribution in [0.3, 0.4) is 0 Å². The van der Waals surface area contributed by atoms with Gasteiger partial charge in [-0.25, -0.2) is 18.5 Å². The van der Waals surface area contributed by atoms with E-state index in [0.717, 1.165) is 17.8 Å². The van der Waals surface area contributed by atoms with Crippen molar-refractivity contribution in [1.29, 1.82) is 0 Å². The monoisotopic (exact) mass is 375 g/mol. The highest BCUT2D eigenvalue weighted by atomic mass is 32.2. The Morgan fingerprint density at radius 3 is 2.50 bits per heavy atom. The van der Waals surface area contributed by atoms with Crippen molar-refractivity contribution >= 4 is 21.8 Å². The summed E-state index contributed by atoms with van der Waals surface area (Å²) in [6, 6.07) is 8.92. The number of anilines is 2. The van der Waals surface area contributed by atoms with E-state index in [1.807, 2.05) is 6.07 Å². The van der Waals surface area contributed by atoms with Gasteiger partial charge in [0.25, 0.3) is 0 Å². The molecule has 0 bridgehead atoms. The molecule has 140 valence electrons. The highest BCUT2D eigenvalue weighted by Crippen LogP contribution is 2.20. The van der Waals surface area contributed by atoms with Crippen LogP contribution in [0.2, 0.25) is 0 Å². The fraction of sp³-hybridized carbons (Fsp3) is 0.444. The van der Waals surface area contributed by atoms with Crippen molar-refractivity contribution in [2.75, 3.05) is 17.2 Å². The number of nitrogens with one attached hydrogen (secondary N) is 2. The van der Waals surface area contributed by atoms with Crippen molar-refractivity contribution in [1.82, 2.24) is 9.97 Å². The molecule has 1 heterocycles. The van der Waals surface area contributed by atoms with Gasteiger partial charge in [-0.05, 0) is 43.0 Å². The zero-order valence-electron chi connectivity index (χ0n) is 14.7. The second kappa shape index (κ2) is 8.46. The van der Waals surface area contributed by atoms with Crippen LogP contribution >= 0.6 is 0 Å². The molecule has 1 fully saturated rings. The van der Waals surface area contributed by atoms with Gasteiger partial charge in [0.2, 0.25) is 16.0 Å². The van der Waals surface area contributed by atoms with Crippen molar-refractivity contribution in [3.63, 3.8) is 0 Å². The van der Waals surface area contributed by atoms with Crippen LogP contribution in [0, 0.1) is 0 Å². The van der Waals surface area contributed by atoms with Gasteiger partial charge >= 0.3 is 0 Å². The van der Waals surface area contributed by atoms with Gasteiger partial charge in [-0.2, -0.15) is 4.98 Å². The van der Waals surface area contributed by atoms with Crippen molar-refractivity contribution in [2.24, 2.45) is 5.14 Å². The zero-order chi connectivity index (χ0) is 18.4. The Bertz CT molecular complexity index is 818. The molecule has 0 spiro atoms. The van der Waals surface area contributed by atoms with Crippen LogP contribution in [0.15, 0.2) is 41.4 Å². The molecule has 0 unspecified atom stereocenters. The van der Waals surface area contributed by atoms with Gasteiger partial charge in [-0.15, -0.1) is 0 Å². The van der Waals surface area contributed by atoms with Crippen molar-refractivity contribution in [3.05, 3.63) is 42.1 Å². The number of hydrogen-bond donors (Lipinski definition) is 3. The topological polar surface area (TPSA) is 110 Å². The third-order valence-electron chi connectivity index (χ3n) is 4.57. The zero-order valence-corrected chi connectivity index (χ0v) is 15.5. The number of aromatic nitrogens is 2. The van der Waals surface area contributed by atoms with Crippen LogP contribution in [0.4, 0.5) is 11.8 Å². The summed E-state index contributed by atoms with van der Waals surface area (Å²) in [5.41, 5.74) is 1.03. The Labute approximate surface area is 154 Å². The van der Waals surface area contributed by atoms with Gasteiger partial charge in [-0.1, -0.05) is 31.4 Å². The molecule has 8 heteroatoms. The lowest BCUT2D eigenvalue weighted by Gasteiger charge is -2.22. The third kappa shape index (κ3) is 5.40. The Balaban J connectivity index is 1.50. The molecule has 1 aromatic carbocycles. The van der Waals surface area contributed by atoms with E-state index in [4.69, 9.17) is 5.14 Å². The average Bonchev–Trinajstić information content (AvgIpc) is 2.63. The average molecular weight is 375 g/mol. The molecule has 1 aromatic heterocycles. The highest BCUT2D eigenvalue weighted by molar-refractivity contribution is 7.89. The molecular weight excluding hydrogens is 350 g/mol. The maximum Gasteiger partial charge on any atom is 0.238 e. The first-order valence-electron chi connectivity index (χ1n) is 8.96. The second-order valence-corrected chi connectivity index (χ2v) is 8.17. The van der Waals surface area contributed by atoms with Crippen LogP contribution in [0.1, 0.15) is 37.7 Å².